The van der Waals surface area contributed by atoms with Crippen LogP contribution in [0, 0.1) is 11.8 Å². The van der Waals surface area contributed by atoms with E-state index in [0.717, 1.165) is 6.42 Å². The second-order valence-electron chi connectivity index (χ2n) is 5.12. The lowest BCUT2D eigenvalue weighted by molar-refractivity contribution is -0.142. The molecule has 0 saturated heterocycles. The third kappa shape index (κ3) is 3.32. The van der Waals surface area contributed by atoms with Crippen molar-refractivity contribution in [3.63, 3.8) is 0 Å². The number of carboxylic acids is 1. The Morgan fingerprint density at radius 3 is 3.00 bits per heavy atom. The molecule has 0 radical (unpaired) electrons. The molecule has 0 spiro atoms. The molecule has 0 aromatic carbocycles. The van der Waals surface area contributed by atoms with Gasteiger partial charge in [-0.3, -0.25) is 4.79 Å². The van der Waals surface area contributed by atoms with Crippen LogP contribution in [0.15, 0.2) is 4.52 Å². The van der Waals surface area contributed by atoms with Gasteiger partial charge in [-0.25, -0.2) is 0 Å². The van der Waals surface area contributed by atoms with Gasteiger partial charge < -0.3 is 14.4 Å². The fourth-order valence-corrected chi connectivity index (χ4v) is 2.67. The molecule has 0 amide bonds. The molecule has 3 atom stereocenters. The van der Waals surface area contributed by atoms with Crippen molar-refractivity contribution in [2.45, 2.75) is 39.0 Å². The van der Waals surface area contributed by atoms with Crippen molar-refractivity contribution in [1.82, 2.24) is 10.1 Å². The van der Waals surface area contributed by atoms with E-state index in [0.29, 0.717) is 43.7 Å². The van der Waals surface area contributed by atoms with E-state index in [2.05, 4.69) is 17.1 Å². The summed E-state index contributed by atoms with van der Waals surface area (Å²) in [6, 6.07) is 0. The van der Waals surface area contributed by atoms with Gasteiger partial charge in [0.05, 0.1) is 18.4 Å². The Kier molecular flexibility index (Phi) is 4.52. The second kappa shape index (κ2) is 6.14. The van der Waals surface area contributed by atoms with Crippen LogP contribution in [0.1, 0.15) is 44.3 Å². The summed E-state index contributed by atoms with van der Waals surface area (Å²) in [6.07, 6.45) is 2.07. The first-order valence-corrected chi connectivity index (χ1v) is 6.74. The lowest BCUT2D eigenvalue weighted by Crippen LogP contribution is -2.17. The predicted octanol–water partition coefficient (Wildman–Crippen LogP) is 1.86. The van der Waals surface area contributed by atoms with Crippen molar-refractivity contribution in [2.75, 3.05) is 13.2 Å². The molecule has 2 rings (SSSR count). The summed E-state index contributed by atoms with van der Waals surface area (Å²) in [5, 5.41) is 13.1. The maximum Gasteiger partial charge on any atom is 0.307 e. The largest absolute Gasteiger partial charge is 0.481 e. The van der Waals surface area contributed by atoms with Crippen LogP contribution in [0.4, 0.5) is 0 Å². The Labute approximate surface area is 112 Å². The summed E-state index contributed by atoms with van der Waals surface area (Å²) >= 11 is 0. The third-order valence-corrected chi connectivity index (χ3v) is 3.59. The molecule has 6 nitrogen and oxygen atoms in total. The number of rotatable bonds is 6. The van der Waals surface area contributed by atoms with Crippen LogP contribution in [0.25, 0.3) is 0 Å². The van der Waals surface area contributed by atoms with Gasteiger partial charge in [0.25, 0.3) is 0 Å². The van der Waals surface area contributed by atoms with E-state index < -0.39 is 11.9 Å². The minimum atomic E-state index is -0.775. The van der Waals surface area contributed by atoms with Gasteiger partial charge in [-0.2, -0.15) is 4.98 Å². The molecule has 1 aliphatic rings. The number of ether oxygens (including phenoxy) is 1. The lowest BCUT2D eigenvalue weighted by Gasteiger charge is -2.09. The van der Waals surface area contributed by atoms with Gasteiger partial charge in [-0.15, -0.1) is 0 Å². The van der Waals surface area contributed by atoms with Crippen LogP contribution in [0.2, 0.25) is 0 Å². The first-order valence-electron chi connectivity index (χ1n) is 6.74. The predicted molar refractivity (Wildman–Crippen MR) is 66.8 cm³/mol. The lowest BCUT2D eigenvalue weighted by atomic mass is 9.96. The monoisotopic (exact) mass is 268 g/mol. The molecule has 0 bridgehead atoms. The van der Waals surface area contributed by atoms with Gasteiger partial charge in [-0.1, -0.05) is 12.1 Å². The van der Waals surface area contributed by atoms with E-state index in [-0.39, 0.29) is 5.92 Å². The molecule has 6 heteroatoms. The van der Waals surface area contributed by atoms with Crippen LogP contribution in [0.5, 0.6) is 0 Å². The zero-order chi connectivity index (χ0) is 13.8. The minimum absolute atomic E-state index is 0.152. The van der Waals surface area contributed by atoms with Gasteiger partial charge in [0.2, 0.25) is 5.89 Å². The van der Waals surface area contributed by atoms with Crippen molar-refractivity contribution in [1.29, 1.82) is 0 Å². The molecule has 1 aromatic rings. The number of hydrogen-bond donors (Lipinski definition) is 1. The number of carboxylic acid groups (broad SMARTS) is 1. The molecule has 1 saturated carbocycles. The first kappa shape index (κ1) is 14.0. The number of aliphatic carboxylic acids is 1. The third-order valence-electron chi connectivity index (χ3n) is 3.59. The van der Waals surface area contributed by atoms with Gasteiger partial charge in [-0.05, 0) is 25.7 Å². The Bertz CT molecular complexity index is 432. The summed E-state index contributed by atoms with van der Waals surface area (Å²) in [4.78, 5) is 15.5. The van der Waals surface area contributed by atoms with Crippen LogP contribution in [-0.4, -0.2) is 34.4 Å². The van der Waals surface area contributed by atoms with Crippen LogP contribution in [0.3, 0.4) is 0 Å². The van der Waals surface area contributed by atoms with E-state index in [1.54, 1.807) is 0 Å². The highest BCUT2D eigenvalue weighted by Crippen LogP contribution is 2.42. The average Bonchev–Trinajstić information content (AvgIpc) is 2.96. The number of hydrogen-bond acceptors (Lipinski definition) is 5. The molecule has 0 aliphatic heterocycles. The number of aromatic nitrogens is 2. The van der Waals surface area contributed by atoms with Gasteiger partial charge in [0.1, 0.15) is 0 Å². The number of carbonyl (C=O) groups is 1. The Balaban J connectivity index is 2.02. The maximum atomic E-state index is 11.2. The Morgan fingerprint density at radius 1 is 1.53 bits per heavy atom. The molecule has 1 aromatic heterocycles. The molecule has 106 valence electrons. The van der Waals surface area contributed by atoms with Crippen LogP contribution < -0.4 is 0 Å². The van der Waals surface area contributed by atoms with Crippen molar-refractivity contribution in [2.24, 2.45) is 11.8 Å². The van der Waals surface area contributed by atoms with Crippen molar-refractivity contribution in [3.8, 4) is 0 Å². The van der Waals surface area contributed by atoms with Crippen LogP contribution in [-0.2, 0) is 16.0 Å². The highest BCUT2D eigenvalue weighted by molar-refractivity contribution is 5.71. The van der Waals surface area contributed by atoms with E-state index in [1.165, 1.54) is 0 Å². The van der Waals surface area contributed by atoms with Crippen molar-refractivity contribution >= 4 is 5.97 Å². The highest BCUT2D eigenvalue weighted by atomic mass is 16.5. The van der Waals surface area contributed by atoms with Gasteiger partial charge >= 0.3 is 5.97 Å². The normalized spacial score (nSPS) is 26.7. The average molecular weight is 268 g/mol. The summed E-state index contributed by atoms with van der Waals surface area (Å²) in [5.41, 5.74) is 0. The molecule has 3 unspecified atom stereocenters. The molecular formula is C13H20N2O4. The van der Waals surface area contributed by atoms with E-state index in [1.807, 2.05) is 6.92 Å². The van der Waals surface area contributed by atoms with Crippen molar-refractivity contribution in [3.05, 3.63) is 11.7 Å². The minimum Gasteiger partial charge on any atom is -0.481 e. The molecule has 1 N–H and O–H groups in total. The Morgan fingerprint density at radius 2 is 2.32 bits per heavy atom. The summed E-state index contributed by atoms with van der Waals surface area (Å²) in [6.45, 7) is 5.20. The standard InChI is InChI=1S/C13H20N2O4/c1-3-18-5-4-11-14-12(19-15-11)9-6-8(2)7-10(9)13(16)17/h8-10H,3-7H2,1-2H3,(H,16,17). The van der Waals surface area contributed by atoms with Gasteiger partial charge in [0, 0.05) is 13.0 Å². The number of nitrogens with zero attached hydrogens (tertiary/aromatic N) is 2. The molecule has 1 aliphatic carbocycles. The zero-order valence-electron chi connectivity index (χ0n) is 11.3. The molecule has 1 heterocycles. The van der Waals surface area contributed by atoms with E-state index in [4.69, 9.17) is 9.26 Å². The molecule has 1 fully saturated rings. The first-order chi connectivity index (χ1) is 9.11. The van der Waals surface area contributed by atoms with E-state index in [9.17, 15) is 9.90 Å². The molecule has 19 heavy (non-hydrogen) atoms. The van der Waals surface area contributed by atoms with Crippen molar-refractivity contribution < 1.29 is 19.2 Å². The zero-order valence-corrected chi connectivity index (χ0v) is 11.3. The SMILES string of the molecule is CCOCCc1noc(C2CC(C)CC2C(=O)O)n1. The Hall–Kier alpha value is -1.43. The summed E-state index contributed by atoms with van der Waals surface area (Å²) < 4.78 is 10.5. The van der Waals surface area contributed by atoms with E-state index >= 15 is 0 Å². The highest BCUT2D eigenvalue weighted by Gasteiger charge is 2.40. The molecular weight excluding hydrogens is 248 g/mol. The fraction of sp³-hybridized carbons (Fsp3) is 0.769. The second-order valence-corrected chi connectivity index (χ2v) is 5.12. The topological polar surface area (TPSA) is 85.5 Å². The maximum absolute atomic E-state index is 11.2. The fourth-order valence-electron chi connectivity index (χ4n) is 2.67. The van der Waals surface area contributed by atoms with Gasteiger partial charge in [0.15, 0.2) is 5.82 Å². The van der Waals surface area contributed by atoms with Crippen LogP contribution >= 0.6 is 0 Å². The summed E-state index contributed by atoms with van der Waals surface area (Å²) in [5.74, 6) is 0.0970. The summed E-state index contributed by atoms with van der Waals surface area (Å²) in [7, 11) is 0. The smallest absolute Gasteiger partial charge is 0.307 e. The quantitative estimate of drug-likeness (QED) is 0.793.